The summed E-state index contributed by atoms with van der Waals surface area (Å²) in [6.45, 7) is 1.54. The monoisotopic (exact) mass is 429 g/mol. The molecule has 3 nitrogen and oxygen atoms in total. The van der Waals surface area contributed by atoms with E-state index in [9.17, 15) is 34.8 Å². The van der Waals surface area contributed by atoms with E-state index in [1.54, 1.807) is 18.4 Å². The third-order valence-electron chi connectivity index (χ3n) is 4.39. The van der Waals surface area contributed by atoms with Crippen LogP contribution in [0.25, 0.3) is 0 Å². The summed E-state index contributed by atoms with van der Waals surface area (Å²) in [7, 11) is -4.56. The summed E-state index contributed by atoms with van der Waals surface area (Å²) in [5, 5.41) is 1.77. The maximum Gasteiger partial charge on any atom is 0.416 e. The molecule has 2 aromatic rings. The molecular weight excluding hydrogens is 416 g/mol. The van der Waals surface area contributed by atoms with Gasteiger partial charge in [-0.05, 0) is 48.6 Å². The van der Waals surface area contributed by atoms with Crippen LogP contribution < -0.4 is 0 Å². The summed E-state index contributed by atoms with van der Waals surface area (Å²) in [6, 6.07) is 1.43. The Kier molecular flexibility index (Phi) is 4.84. The van der Waals surface area contributed by atoms with Crippen LogP contribution in [0.2, 0.25) is 0 Å². The molecule has 1 aliphatic heterocycles. The fraction of sp³-hybridized carbons (Fsp3) is 0.375. The summed E-state index contributed by atoms with van der Waals surface area (Å²) in [6.07, 6.45) is -9.87. The molecule has 148 valence electrons. The topological polar surface area (TPSA) is 37.4 Å². The van der Waals surface area contributed by atoms with E-state index in [-0.39, 0.29) is 24.7 Å². The van der Waals surface area contributed by atoms with E-state index in [0.29, 0.717) is 12.0 Å². The highest BCUT2D eigenvalue weighted by Crippen LogP contribution is 2.40. The van der Waals surface area contributed by atoms with Gasteiger partial charge in [0.2, 0.25) is 10.0 Å². The number of hydrogen-bond donors (Lipinski definition) is 0. The number of fused-ring (bicyclic) bond motifs is 1. The summed E-state index contributed by atoms with van der Waals surface area (Å²) >= 11 is 1.43. The highest BCUT2D eigenvalue weighted by molar-refractivity contribution is 7.89. The number of rotatable bonds is 2. The summed E-state index contributed by atoms with van der Waals surface area (Å²) in [5.41, 5.74) is -2.61. The highest BCUT2D eigenvalue weighted by Gasteiger charge is 2.40. The molecule has 0 N–H and O–H groups in total. The minimum atomic E-state index is -5.11. The zero-order valence-electron chi connectivity index (χ0n) is 13.7. The lowest BCUT2D eigenvalue weighted by atomic mass is 10.0. The second-order valence-electron chi connectivity index (χ2n) is 6.08. The van der Waals surface area contributed by atoms with Crippen molar-refractivity contribution in [1.29, 1.82) is 0 Å². The fourth-order valence-corrected chi connectivity index (χ4v) is 5.67. The van der Waals surface area contributed by atoms with Gasteiger partial charge < -0.3 is 0 Å². The van der Waals surface area contributed by atoms with Gasteiger partial charge in [-0.3, -0.25) is 0 Å². The normalized spacial score (nSPS) is 19.1. The van der Waals surface area contributed by atoms with Gasteiger partial charge in [-0.2, -0.15) is 30.6 Å². The molecule has 11 heteroatoms. The lowest BCUT2D eigenvalue weighted by Crippen LogP contribution is -2.38. The zero-order chi connectivity index (χ0) is 20.2. The van der Waals surface area contributed by atoms with Gasteiger partial charge in [0.25, 0.3) is 0 Å². The smallest absolute Gasteiger partial charge is 0.207 e. The second kappa shape index (κ2) is 6.49. The quantitative estimate of drug-likeness (QED) is 0.624. The third kappa shape index (κ3) is 3.72. The standard InChI is InChI=1S/C16H13F6NO2S2/c1-9-13-3-5-26-14(13)2-4-23(9)27(24,25)12-7-10(15(17,18)19)6-11(8-12)16(20,21)22/h3,5-9H,2,4H2,1H3. The minimum absolute atomic E-state index is 0.0192. The summed E-state index contributed by atoms with van der Waals surface area (Å²) < 4.78 is 105. The molecule has 3 rings (SSSR count). The lowest BCUT2D eigenvalue weighted by molar-refractivity contribution is -0.143. The number of thiophene rings is 1. The summed E-state index contributed by atoms with van der Waals surface area (Å²) in [5.74, 6) is 0. The number of halogens is 6. The van der Waals surface area contributed by atoms with Gasteiger partial charge in [0, 0.05) is 17.5 Å². The van der Waals surface area contributed by atoms with Crippen LogP contribution >= 0.6 is 11.3 Å². The van der Waals surface area contributed by atoms with Crippen molar-refractivity contribution in [2.45, 2.75) is 36.6 Å². The van der Waals surface area contributed by atoms with Crippen LogP contribution in [-0.2, 0) is 28.8 Å². The molecule has 2 heterocycles. The van der Waals surface area contributed by atoms with Gasteiger partial charge in [0.05, 0.1) is 16.0 Å². The van der Waals surface area contributed by atoms with E-state index >= 15 is 0 Å². The Hall–Kier alpha value is -1.59. The van der Waals surface area contributed by atoms with Crippen LogP contribution in [0, 0.1) is 0 Å². The SMILES string of the molecule is CC1c2ccsc2CCN1S(=O)(=O)c1cc(C(F)(F)F)cc(C(F)(F)F)c1. The molecule has 0 radical (unpaired) electrons. The molecule has 0 spiro atoms. The molecule has 1 atom stereocenters. The van der Waals surface area contributed by atoms with Crippen molar-refractivity contribution in [2.24, 2.45) is 0 Å². The molecule has 27 heavy (non-hydrogen) atoms. The largest absolute Gasteiger partial charge is 0.416 e. The first kappa shape index (κ1) is 20.2. The van der Waals surface area contributed by atoms with Crippen molar-refractivity contribution >= 4 is 21.4 Å². The summed E-state index contributed by atoms with van der Waals surface area (Å²) in [4.78, 5) is -0.0656. The molecule has 1 aromatic carbocycles. The Bertz CT molecular complexity index is 930. The molecule has 0 amide bonds. The van der Waals surface area contributed by atoms with Crippen LogP contribution in [0.15, 0.2) is 34.5 Å². The maximum absolute atomic E-state index is 13.0. The lowest BCUT2D eigenvalue weighted by Gasteiger charge is -2.32. The molecule has 0 bridgehead atoms. The zero-order valence-corrected chi connectivity index (χ0v) is 15.4. The van der Waals surface area contributed by atoms with Crippen molar-refractivity contribution in [3.8, 4) is 0 Å². The number of sulfonamides is 1. The van der Waals surface area contributed by atoms with Crippen LogP contribution in [0.4, 0.5) is 26.3 Å². The number of hydrogen-bond acceptors (Lipinski definition) is 3. The van der Waals surface area contributed by atoms with Gasteiger partial charge >= 0.3 is 12.4 Å². The van der Waals surface area contributed by atoms with Crippen LogP contribution in [-0.4, -0.2) is 19.3 Å². The predicted molar refractivity (Wildman–Crippen MR) is 86.8 cm³/mol. The molecule has 0 fully saturated rings. The van der Waals surface area contributed by atoms with E-state index < -0.39 is 44.4 Å². The molecule has 0 saturated carbocycles. The van der Waals surface area contributed by atoms with Crippen molar-refractivity contribution in [1.82, 2.24) is 4.31 Å². The van der Waals surface area contributed by atoms with Gasteiger partial charge in [-0.25, -0.2) is 8.42 Å². The Labute approximate surface area is 155 Å². The second-order valence-corrected chi connectivity index (χ2v) is 8.97. The third-order valence-corrected chi connectivity index (χ3v) is 7.33. The number of alkyl halides is 6. The van der Waals surface area contributed by atoms with Crippen molar-refractivity contribution in [3.63, 3.8) is 0 Å². The molecule has 1 unspecified atom stereocenters. The first-order chi connectivity index (χ1) is 12.3. The van der Waals surface area contributed by atoms with E-state index in [2.05, 4.69) is 0 Å². The molecule has 1 aromatic heterocycles. The highest BCUT2D eigenvalue weighted by atomic mass is 32.2. The number of benzene rings is 1. The van der Waals surface area contributed by atoms with Crippen molar-refractivity contribution in [2.75, 3.05) is 6.54 Å². The predicted octanol–water partition coefficient (Wildman–Crippen LogP) is 5.09. The molecule has 1 aliphatic rings. The molecule has 0 aliphatic carbocycles. The maximum atomic E-state index is 13.0. The Morgan fingerprint density at radius 1 is 1.04 bits per heavy atom. The Balaban J connectivity index is 2.12. The van der Waals surface area contributed by atoms with E-state index in [1.807, 2.05) is 0 Å². The van der Waals surface area contributed by atoms with Gasteiger partial charge in [-0.15, -0.1) is 11.3 Å². The van der Waals surface area contributed by atoms with Crippen LogP contribution in [0.3, 0.4) is 0 Å². The number of nitrogens with zero attached hydrogens (tertiary/aromatic N) is 1. The fourth-order valence-electron chi connectivity index (χ4n) is 3.03. The Morgan fingerprint density at radius 2 is 1.59 bits per heavy atom. The minimum Gasteiger partial charge on any atom is -0.207 e. The average Bonchev–Trinajstić information content (AvgIpc) is 3.02. The van der Waals surface area contributed by atoms with E-state index in [4.69, 9.17) is 0 Å². The van der Waals surface area contributed by atoms with Gasteiger partial charge in [-0.1, -0.05) is 0 Å². The van der Waals surface area contributed by atoms with Crippen LogP contribution in [0.1, 0.15) is 34.5 Å². The Morgan fingerprint density at radius 3 is 2.11 bits per heavy atom. The first-order valence-electron chi connectivity index (χ1n) is 7.69. The molecule has 0 saturated heterocycles. The van der Waals surface area contributed by atoms with E-state index in [1.165, 1.54) is 11.3 Å². The van der Waals surface area contributed by atoms with Gasteiger partial charge in [0.15, 0.2) is 0 Å². The van der Waals surface area contributed by atoms with Crippen LogP contribution in [0.5, 0.6) is 0 Å². The van der Waals surface area contributed by atoms with Crippen molar-refractivity contribution < 1.29 is 34.8 Å². The van der Waals surface area contributed by atoms with Gasteiger partial charge in [0.1, 0.15) is 0 Å². The van der Waals surface area contributed by atoms with Crippen molar-refractivity contribution in [3.05, 3.63) is 51.2 Å². The van der Waals surface area contributed by atoms with E-state index in [0.717, 1.165) is 9.18 Å². The first-order valence-corrected chi connectivity index (χ1v) is 10.0. The molecular formula is C16H13F6NO2S2. The average molecular weight is 429 g/mol.